The summed E-state index contributed by atoms with van der Waals surface area (Å²) in [4.78, 5) is 2.27. The van der Waals surface area contributed by atoms with Crippen molar-refractivity contribution in [3.05, 3.63) is 29.3 Å². The highest BCUT2D eigenvalue weighted by Gasteiger charge is 2.08. The molecule has 0 radical (unpaired) electrons. The maximum atomic E-state index is 8.74. The zero-order valence-electron chi connectivity index (χ0n) is 12.2. The fraction of sp³-hybridized carbons (Fsp3) is 0.500. The van der Waals surface area contributed by atoms with Gasteiger partial charge >= 0.3 is 0 Å². The lowest BCUT2D eigenvalue weighted by Crippen LogP contribution is -2.23. The Labute approximate surface area is 116 Å². The molecule has 3 nitrogen and oxygen atoms in total. The minimum Gasteiger partial charge on any atom is -0.496 e. The minimum absolute atomic E-state index is 0.116. The van der Waals surface area contributed by atoms with Crippen molar-refractivity contribution in [2.75, 3.05) is 27.3 Å². The van der Waals surface area contributed by atoms with E-state index in [0.29, 0.717) is 5.92 Å². The molecule has 0 atom stereocenters. The highest BCUT2D eigenvalue weighted by Crippen LogP contribution is 2.21. The number of hydrogen-bond acceptors (Lipinski definition) is 3. The number of nitrogens with zero attached hydrogens (tertiary/aromatic N) is 1. The molecule has 19 heavy (non-hydrogen) atoms. The molecular formula is C16H23NO2. The number of rotatable bonds is 5. The van der Waals surface area contributed by atoms with E-state index in [-0.39, 0.29) is 6.61 Å². The van der Waals surface area contributed by atoms with Crippen LogP contribution in [0.25, 0.3) is 0 Å². The van der Waals surface area contributed by atoms with Gasteiger partial charge in [-0.1, -0.05) is 25.7 Å². The Kier molecular flexibility index (Phi) is 6.41. The van der Waals surface area contributed by atoms with Crippen LogP contribution in [0.4, 0.5) is 0 Å². The normalized spacial score (nSPS) is 10.5. The van der Waals surface area contributed by atoms with Crippen molar-refractivity contribution in [3.63, 3.8) is 0 Å². The van der Waals surface area contributed by atoms with Crippen molar-refractivity contribution in [2.45, 2.75) is 20.4 Å². The van der Waals surface area contributed by atoms with E-state index in [2.05, 4.69) is 37.6 Å². The van der Waals surface area contributed by atoms with Crippen LogP contribution in [0.2, 0.25) is 0 Å². The monoisotopic (exact) mass is 261 g/mol. The molecule has 0 amide bonds. The van der Waals surface area contributed by atoms with E-state index < -0.39 is 0 Å². The van der Waals surface area contributed by atoms with Crippen LogP contribution in [0.3, 0.4) is 0 Å². The van der Waals surface area contributed by atoms with Gasteiger partial charge in [-0.2, -0.15) is 0 Å². The second kappa shape index (κ2) is 7.83. The Balaban J connectivity index is 2.89. The Bertz CT molecular complexity index is 458. The first-order chi connectivity index (χ1) is 9.06. The van der Waals surface area contributed by atoms with Gasteiger partial charge in [0.25, 0.3) is 0 Å². The van der Waals surface area contributed by atoms with Crippen molar-refractivity contribution >= 4 is 0 Å². The van der Waals surface area contributed by atoms with Gasteiger partial charge in [0, 0.05) is 24.2 Å². The van der Waals surface area contributed by atoms with Crippen molar-refractivity contribution in [1.29, 1.82) is 0 Å². The molecule has 1 N–H and O–H groups in total. The van der Waals surface area contributed by atoms with E-state index in [1.54, 1.807) is 7.11 Å². The highest BCUT2D eigenvalue weighted by atomic mass is 16.5. The molecule has 104 valence electrons. The largest absolute Gasteiger partial charge is 0.496 e. The van der Waals surface area contributed by atoms with Crippen molar-refractivity contribution in [2.24, 2.45) is 5.92 Å². The van der Waals surface area contributed by atoms with Gasteiger partial charge < -0.3 is 14.7 Å². The molecule has 1 rings (SSSR count). The summed E-state index contributed by atoms with van der Waals surface area (Å²) in [5.41, 5.74) is 2.03. The first kappa shape index (κ1) is 15.6. The molecule has 0 spiro atoms. The average Bonchev–Trinajstić information content (AvgIpc) is 2.35. The lowest BCUT2D eigenvalue weighted by atomic mass is 10.1. The molecule has 0 aromatic heterocycles. The quantitative estimate of drug-likeness (QED) is 0.824. The van der Waals surface area contributed by atoms with E-state index in [1.807, 2.05) is 18.2 Å². The minimum atomic E-state index is -0.116. The van der Waals surface area contributed by atoms with Crippen LogP contribution in [0.5, 0.6) is 5.75 Å². The van der Waals surface area contributed by atoms with E-state index in [4.69, 9.17) is 9.84 Å². The van der Waals surface area contributed by atoms with Crippen LogP contribution in [0, 0.1) is 17.8 Å². The number of methoxy groups -OCH3 is 1. The molecular weight excluding hydrogens is 238 g/mol. The van der Waals surface area contributed by atoms with Crippen LogP contribution in [0.1, 0.15) is 25.0 Å². The zero-order valence-corrected chi connectivity index (χ0v) is 12.2. The summed E-state index contributed by atoms with van der Waals surface area (Å²) in [5, 5.41) is 8.74. The summed E-state index contributed by atoms with van der Waals surface area (Å²) in [6.45, 7) is 6.16. The van der Waals surface area contributed by atoms with Gasteiger partial charge in [-0.25, -0.2) is 0 Å². The summed E-state index contributed by atoms with van der Waals surface area (Å²) >= 11 is 0. The summed E-state index contributed by atoms with van der Waals surface area (Å²) in [6, 6.07) is 5.87. The molecule has 1 aromatic rings. The van der Waals surface area contributed by atoms with Gasteiger partial charge in [-0.05, 0) is 31.2 Å². The SMILES string of the molecule is COc1ccc(C#CCO)cc1CN(C)CC(C)C. The van der Waals surface area contributed by atoms with Crippen molar-refractivity contribution in [3.8, 4) is 17.6 Å². The third kappa shape index (κ3) is 5.34. The molecule has 0 fully saturated rings. The van der Waals surface area contributed by atoms with Gasteiger partial charge in [0.1, 0.15) is 12.4 Å². The molecule has 0 aliphatic carbocycles. The number of benzene rings is 1. The van der Waals surface area contributed by atoms with Crippen molar-refractivity contribution < 1.29 is 9.84 Å². The number of aliphatic hydroxyl groups is 1. The summed E-state index contributed by atoms with van der Waals surface area (Å²) in [5.74, 6) is 7.10. The number of aliphatic hydroxyl groups excluding tert-OH is 1. The Morgan fingerprint density at radius 3 is 2.68 bits per heavy atom. The van der Waals surface area contributed by atoms with Crippen LogP contribution in [-0.2, 0) is 6.54 Å². The average molecular weight is 261 g/mol. The van der Waals surface area contributed by atoms with Gasteiger partial charge in [-0.15, -0.1) is 0 Å². The molecule has 0 saturated heterocycles. The predicted molar refractivity (Wildman–Crippen MR) is 78.1 cm³/mol. The van der Waals surface area contributed by atoms with E-state index in [1.165, 1.54) is 0 Å². The molecule has 0 bridgehead atoms. The lowest BCUT2D eigenvalue weighted by molar-refractivity contribution is 0.283. The first-order valence-electron chi connectivity index (χ1n) is 6.52. The fourth-order valence-electron chi connectivity index (χ4n) is 2.10. The standard InChI is InChI=1S/C16H23NO2/c1-13(2)11-17(3)12-15-10-14(6-5-9-18)7-8-16(15)19-4/h7-8,10,13,18H,9,11-12H2,1-4H3. The lowest BCUT2D eigenvalue weighted by Gasteiger charge is -2.20. The third-order valence-electron chi connectivity index (χ3n) is 2.71. The van der Waals surface area contributed by atoms with Crippen molar-refractivity contribution in [1.82, 2.24) is 4.90 Å². The summed E-state index contributed by atoms with van der Waals surface area (Å²) in [7, 11) is 3.78. The molecule has 0 aliphatic rings. The Morgan fingerprint density at radius 2 is 2.11 bits per heavy atom. The molecule has 1 aromatic carbocycles. The Hall–Kier alpha value is -1.50. The second-order valence-corrected chi connectivity index (χ2v) is 5.08. The smallest absolute Gasteiger partial charge is 0.123 e. The van der Waals surface area contributed by atoms with Crippen LogP contribution in [0.15, 0.2) is 18.2 Å². The van der Waals surface area contributed by atoms with E-state index in [9.17, 15) is 0 Å². The maximum absolute atomic E-state index is 8.74. The van der Waals surface area contributed by atoms with Gasteiger partial charge in [0.05, 0.1) is 7.11 Å². The van der Waals surface area contributed by atoms with Crippen LogP contribution >= 0.6 is 0 Å². The zero-order chi connectivity index (χ0) is 14.3. The number of ether oxygens (including phenoxy) is 1. The fourth-order valence-corrected chi connectivity index (χ4v) is 2.10. The van der Waals surface area contributed by atoms with Crippen LogP contribution < -0.4 is 4.74 Å². The molecule has 0 aliphatic heterocycles. The maximum Gasteiger partial charge on any atom is 0.123 e. The van der Waals surface area contributed by atoms with E-state index in [0.717, 1.165) is 30.0 Å². The molecule has 0 unspecified atom stereocenters. The van der Waals surface area contributed by atoms with Gasteiger partial charge in [0.2, 0.25) is 0 Å². The summed E-state index contributed by atoms with van der Waals surface area (Å²) < 4.78 is 5.39. The van der Waals surface area contributed by atoms with E-state index >= 15 is 0 Å². The number of hydrogen-bond donors (Lipinski definition) is 1. The molecule has 0 saturated carbocycles. The molecule has 3 heteroatoms. The first-order valence-corrected chi connectivity index (χ1v) is 6.52. The molecule has 0 heterocycles. The summed E-state index contributed by atoms with van der Waals surface area (Å²) in [6.07, 6.45) is 0. The topological polar surface area (TPSA) is 32.7 Å². The van der Waals surface area contributed by atoms with Gasteiger partial charge in [0.15, 0.2) is 0 Å². The van der Waals surface area contributed by atoms with Crippen LogP contribution in [-0.4, -0.2) is 37.3 Å². The second-order valence-electron chi connectivity index (χ2n) is 5.08. The predicted octanol–water partition coefficient (Wildman–Crippen LogP) is 2.13. The Morgan fingerprint density at radius 1 is 1.37 bits per heavy atom. The van der Waals surface area contributed by atoms with Gasteiger partial charge in [-0.3, -0.25) is 0 Å². The third-order valence-corrected chi connectivity index (χ3v) is 2.71. The highest BCUT2D eigenvalue weighted by molar-refractivity contribution is 5.44.